The molecule has 0 bridgehead atoms. The lowest BCUT2D eigenvalue weighted by Crippen LogP contribution is -2.40. The number of carbonyl (C=O) groups is 2. The van der Waals surface area contributed by atoms with E-state index in [-0.39, 0.29) is 23.2 Å². The molecule has 0 spiro atoms. The lowest BCUT2D eigenvalue weighted by atomic mass is 10.3. The first kappa shape index (κ1) is 10.9. The number of ether oxygens (including phenoxy) is 1. The third-order valence-electron chi connectivity index (χ3n) is 2.46. The van der Waals surface area contributed by atoms with Gasteiger partial charge in [0, 0.05) is 20.0 Å². The van der Waals surface area contributed by atoms with Crippen molar-refractivity contribution in [2.24, 2.45) is 0 Å². The van der Waals surface area contributed by atoms with Crippen LogP contribution in [0.2, 0.25) is 0 Å². The number of hydrogen-bond donors (Lipinski definition) is 0. The van der Waals surface area contributed by atoms with Gasteiger partial charge in [-0.25, -0.2) is 0 Å². The molecule has 86 valence electrons. The highest BCUT2D eigenvalue weighted by molar-refractivity contribution is 5.95. The average Bonchev–Trinajstić information content (AvgIpc) is 2.78. The number of rotatable bonds is 2. The zero-order valence-electron chi connectivity index (χ0n) is 9.06. The highest BCUT2D eigenvalue weighted by Crippen LogP contribution is 2.12. The van der Waals surface area contributed by atoms with E-state index in [0.29, 0.717) is 26.3 Å². The van der Waals surface area contributed by atoms with Crippen LogP contribution < -0.4 is 0 Å². The quantitative estimate of drug-likeness (QED) is 0.700. The van der Waals surface area contributed by atoms with Crippen molar-refractivity contribution >= 4 is 11.7 Å². The molecule has 0 saturated carbocycles. The smallest absolute Gasteiger partial charge is 0.289 e. The zero-order valence-corrected chi connectivity index (χ0v) is 9.06. The Morgan fingerprint density at radius 2 is 1.81 bits per heavy atom. The number of nitrogens with zero attached hydrogens (tertiary/aromatic N) is 1. The molecule has 5 heteroatoms. The van der Waals surface area contributed by atoms with Gasteiger partial charge in [-0.15, -0.1) is 0 Å². The highest BCUT2D eigenvalue weighted by Gasteiger charge is 2.21. The molecule has 1 aromatic rings. The number of furan rings is 1. The maximum Gasteiger partial charge on any atom is 0.289 e. The van der Waals surface area contributed by atoms with E-state index >= 15 is 0 Å². The van der Waals surface area contributed by atoms with Crippen LogP contribution in [0.1, 0.15) is 28.0 Å². The van der Waals surface area contributed by atoms with Gasteiger partial charge in [-0.05, 0) is 12.1 Å². The molecule has 5 nitrogen and oxygen atoms in total. The first-order valence-electron chi connectivity index (χ1n) is 5.16. The molecule has 16 heavy (non-hydrogen) atoms. The van der Waals surface area contributed by atoms with Crippen LogP contribution in [0.15, 0.2) is 16.5 Å². The summed E-state index contributed by atoms with van der Waals surface area (Å²) in [6, 6.07) is 3.06. The van der Waals surface area contributed by atoms with Crippen molar-refractivity contribution in [3.05, 3.63) is 23.7 Å². The summed E-state index contributed by atoms with van der Waals surface area (Å²) in [6.07, 6.45) is 0. The van der Waals surface area contributed by atoms with Crippen LogP contribution in [0.3, 0.4) is 0 Å². The monoisotopic (exact) mass is 223 g/mol. The van der Waals surface area contributed by atoms with Crippen LogP contribution >= 0.6 is 0 Å². The van der Waals surface area contributed by atoms with Crippen molar-refractivity contribution < 1.29 is 18.7 Å². The second-order valence-electron chi connectivity index (χ2n) is 3.62. The number of hydrogen-bond acceptors (Lipinski definition) is 4. The third kappa shape index (κ3) is 2.14. The lowest BCUT2D eigenvalue weighted by molar-refractivity contribution is 0.0282. The third-order valence-corrected chi connectivity index (χ3v) is 2.46. The summed E-state index contributed by atoms with van der Waals surface area (Å²) >= 11 is 0. The van der Waals surface area contributed by atoms with E-state index in [1.54, 1.807) is 4.90 Å². The molecule has 2 rings (SSSR count). The summed E-state index contributed by atoms with van der Waals surface area (Å²) in [6.45, 7) is 3.63. The van der Waals surface area contributed by atoms with Gasteiger partial charge in [-0.2, -0.15) is 0 Å². The molecule has 0 N–H and O–H groups in total. The van der Waals surface area contributed by atoms with Gasteiger partial charge in [0.25, 0.3) is 5.91 Å². The van der Waals surface area contributed by atoms with E-state index in [0.717, 1.165) is 0 Å². The average molecular weight is 223 g/mol. The van der Waals surface area contributed by atoms with E-state index in [9.17, 15) is 9.59 Å². The van der Waals surface area contributed by atoms with Gasteiger partial charge in [0.05, 0.1) is 13.2 Å². The van der Waals surface area contributed by atoms with Crippen LogP contribution in [0.4, 0.5) is 0 Å². The first-order valence-corrected chi connectivity index (χ1v) is 5.16. The fourth-order valence-electron chi connectivity index (χ4n) is 1.56. The van der Waals surface area contributed by atoms with Gasteiger partial charge >= 0.3 is 0 Å². The molecular weight excluding hydrogens is 210 g/mol. The first-order chi connectivity index (χ1) is 7.68. The SMILES string of the molecule is CC(=O)c1ccc(C(=O)N2CCOCC2)o1. The van der Waals surface area contributed by atoms with Crippen LogP contribution in [0, 0.1) is 0 Å². The predicted octanol–water partition coefficient (Wildman–Crippen LogP) is 0.955. The summed E-state index contributed by atoms with van der Waals surface area (Å²) in [5, 5.41) is 0. The standard InChI is InChI=1S/C11H13NO4/c1-8(13)9-2-3-10(16-9)11(14)12-4-6-15-7-5-12/h2-3H,4-7H2,1H3. The fourth-order valence-corrected chi connectivity index (χ4v) is 1.56. The lowest BCUT2D eigenvalue weighted by Gasteiger charge is -2.25. The van der Waals surface area contributed by atoms with Gasteiger partial charge in [0.1, 0.15) is 0 Å². The molecule has 0 aromatic carbocycles. The number of morpholine rings is 1. The second kappa shape index (κ2) is 4.49. The summed E-state index contributed by atoms with van der Waals surface area (Å²) in [5.74, 6) is 0.0699. The maximum atomic E-state index is 11.9. The fraction of sp³-hybridized carbons (Fsp3) is 0.455. The van der Waals surface area contributed by atoms with Crippen molar-refractivity contribution in [2.45, 2.75) is 6.92 Å². The van der Waals surface area contributed by atoms with Gasteiger partial charge in [-0.1, -0.05) is 0 Å². The predicted molar refractivity (Wildman–Crippen MR) is 55.4 cm³/mol. The number of ketones is 1. The van der Waals surface area contributed by atoms with Crippen LogP contribution in [-0.2, 0) is 4.74 Å². The molecule has 0 atom stereocenters. The van der Waals surface area contributed by atoms with Gasteiger partial charge in [-0.3, -0.25) is 9.59 Å². The van der Waals surface area contributed by atoms with Crippen molar-refractivity contribution in [1.82, 2.24) is 4.90 Å². The Labute approximate surface area is 93.0 Å². The Kier molecular flexibility index (Phi) is 3.05. The minimum absolute atomic E-state index is 0.180. The Bertz CT molecular complexity index is 404. The molecule has 1 saturated heterocycles. The Morgan fingerprint density at radius 3 is 2.38 bits per heavy atom. The van der Waals surface area contributed by atoms with Gasteiger partial charge < -0.3 is 14.1 Å². The minimum atomic E-state index is -0.184. The summed E-state index contributed by atoms with van der Waals surface area (Å²) < 4.78 is 10.3. The highest BCUT2D eigenvalue weighted by atomic mass is 16.5. The number of amides is 1. The zero-order chi connectivity index (χ0) is 11.5. The Balaban J connectivity index is 2.10. The van der Waals surface area contributed by atoms with Gasteiger partial charge in [0.15, 0.2) is 17.3 Å². The van der Waals surface area contributed by atoms with E-state index in [2.05, 4.69) is 0 Å². The molecule has 1 aliphatic heterocycles. The molecule has 1 amide bonds. The van der Waals surface area contributed by atoms with Crippen molar-refractivity contribution in [3.63, 3.8) is 0 Å². The van der Waals surface area contributed by atoms with Crippen LogP contribution in [-0.4, -0.2) is 42.9 Å². The molecule has 0 unspecified atom stereocenters. The molecule has 1 aromatic heterocycles. The molecule has 0 radical (unpaired) electrons. The van der Waals surface area contributed by atoms with E-state index < -0.39 is 0 Å². The molecule has 1 fully saturated rings. The maximum absolute atomic E-state index is 11.9. The molecule has 0 aliphatic carbocycles. The van der Waals surface area contributed by atoms with Crippen LogP contribution in [0.5, 0.6) is 0 Å². The Morgan fingerprint density at radius 1 is 1.19 bits per heavy atom. The minimum Gasteiger partial charge on any atom is -0.448 e. The van der Waals surface area contributed by atoms with E-state index in [1.165, 1.54) is 19.1 Å². The second-order valence-corrected chi connectivity index (χ2v) is 3.62. The number of carbonyl (C=O) groups excluding carboxylic acids is 2. The van der Waals surface area contributed by atoms with Crippen molar-refractivity contribution in [1.29, 1.82) is 0 Å². The number of Topliss-reactive ketones (excluding diaryl/α,β-unsaturated/α-hetero) is 1. The Hall–Kier alpha value is -1.62. The summed E-state index contributed by atoms with van der Waals surface area (Å²) in [7, 11) is 0. The molecule has 2 heterocycles. The van der Waals surface area contributed by atoms with E-state index in [4.69, 9.17) is 9.15 Å². The topological polar surface area (TPSA) is 59.8 Å². The van der Waals surface area contributed by atoms with Crippen LogP contribution in [0.25, 0.3) is 0 Å². The molecule has 1 aliphatic rings. The van der Waals surface area contributed by atoms with Crippen molar-refractivity contribution in [2.75, 3.05) is 26.3 Å². The molecular formula is C11H13NO4. The summed E-state index contributed by atoms with van der Waals surface area (Å²) in [5.41, 5.74) is 0. The largest absolute Gasteiger partial charge is 0.448 e. The summed E-state index contributed by atoms with van der Waals surface area (Å²) in [4.78, 5) is 24.6. The van der Waals surface area contributed by atoms with Gasteiger partial charge in [0.2, 0.25) is 0 Å². The van der Waals surface area contributed by atoms with Crippen molar-refractivity contribution in [3.8, 4) is 0 Å². The normalized spacial score (nSPS) is 16.2. The van der Waals surface area contributed by atoms with E-state index in [1.807, 2.05) is 0 Å².